The number of carbonyl (C=O) groups excluding carboxylic acids is 1. The molecule has 0 radical (unpaired) electrons. The number of aryl methyl sites for hydroxylation is 1. The highest BCUT2D eigenvalue weighted by atomic mass is 16.1. The van der Waals surface area contributed by atoms with E-state index in [9.17, 15) is 4.79 Å². The maximum atomic E-state index is 11.1. The molecule has 0 saturated heterocycles. The Morgan fingerprint density at radius 2 is 2.19 bits per heavy atom. The lowest BCUT2D eigenvalue weighted by atomic mass is 10.1. The standard InChI is InChI=1S/C19H21N7O/c1-12(22-13(2)27)6-9-25-11-16-18(24-25)15-5-4-14(26-8-3-7-21-26)10-17(15)23-19(16)20/h3-5,7-8,10-12H,6,9H2,1-2H3,(H2,20,23)(H,22,27). The van der Waals surface area contributed by atoms with Gasteiger partial charge in [-0.2, -0.15) is 10.2 Å². The number of pyridine rings is 1. The third kappa shape index (κ3) is 3.33. The van der Waals surface area contributed by atoms with Crippen LogP contribution in [-0.2, 0) is 11.3 Å². The highest BCUT2D eigenvalue weighted by Gasteiger charge is 2.12. The Bertz CT molecular complexity index is 1110. The summed E-state index contributed by atoms with van der Waals surface area (Å²) in [7, 11) is 0. The van der Waals surface area contributed by atoms with Gasteiger partial charge in [0.05, 0.1) is 16.6 Å². The zero-order valence-corrected chi connectivity index (χ0v) is 15.3. The van der Waals surface area contributed by atoms with Gasteiger partial charge in [0.2, 0.25) is 5.91 Å². The Morgan fingerprint density at radius 1 is 1.33 bits per heavy atom. The number of aromatic nitrogens is 5. The smallest absolute Gasteiger partial charge is 0.217 e. The van der Waals surface area contributed by atoms with E-state index in [1.807, 2.05) is 48.3 Å². The quantitative estimate of drug-likeness (QED) is 0.566. The van der Waals surface area contributed by atoms with E-state index in [2.05, 4.69) is 15.4 Å². The number of nitrogens with two attached hydrogens (primary N) is 1. The molecule has 27 heavy (non-hydrogen) atoms. The normalized spacial score (nSPS) is 12.5. The first kappa shape index (κ1) is 17.0. The van der Waals surface area contributed by atoms with Crippen molar-refractivity contribution in [1.29, 1.82) is 0 Å². The second-order valence-electron chi connectivity index (χ2n) is 6.69. The minimum atomic E-state index is -0.0273. The van der Waals surface area contributed by atoms with Gasteiger partial charge in [-0.1, -0.05) is 0 Å². The number of anilines is 1. The molecule has 3 heterocycles. The highest BCUT2D eigenvalue weighted by molar-refractivity contribution is 6.07. The Hall–Kier alpha value is -3.42. The molecule has 1 atom stereocenters. The van der Waals surface area contributed by atoms with Crippen LogP contribution in [-0.4, -0.2) is 36.5 Å². The second-order valence-corrected chi connectivity index (χ2v) is 6.69. The van der Waals surface area contributed by atoms with Gasteiger partial charge >= 0.3 is 0 Å². The van der Waals surface area contributed by atoms with Crippen LogP contribution in [0.25, 0.3) is 27.5 Å². The Labute approximate surface area is 156 Å². The van der Waals surface area contributed by atoms with E-state index in [0.717, 1.165) is 33.9 Å². The maximum absolute atomic E-state index is 11.1. The predicted octanol–water partition coefficient (Wildman–Crippen LogP) is 2.27. The van der Waals surface area contributed by atoms with Crippen LogP contribution in [0, 0.1) is 0 Å². The number of hydrogen-bond donors (Lipinski definition) is 2. The van der Waals surface area contributed by atoms with E-state index in [-0.39, 0.29) is 11.9 Å². The van der Waals surface area contributed by atoms with Crippen LogP contribution < -0.4 is 11.1 Å². The van der Waals surface area contributed by atoms with Gasteiger partial charge in [0.25, 0.3) is 0 Å². The van der Waals surface area contributed by atoms with Gasteiger partial charge in [0, 0.05) is 43.5 Å². The summed E-state index contributed by atoms with van der Waals surface area (Å²) in [4.78, 5) is 15.7. The molecule has 1 aromatic carbocycles. The molecule has 4 rings (SSSR count). The van der Waals surface area contributed by atoms with Gasteiger partial charge in [0.15, 0.2) is 0 Å². The molecule has 8 heteroatoms. The molecule has 0 fully saturated rings. The molecular formula is C19H21N7O. The molecule has 0 aliphatic rings. The molecule has 1 unspecified atom stereocenters. The first-order chi connectivity index (χ1) is 13.0. The zero-order chi connectivity index (χ0) is 19.0. The number of rotatable bonds is 5. The summed E-state index contributed by atoms with van der Waals surface area (Å²) < 4.78 is 3.64. The number of carbonyl (C=O) groups is 1. The number of nitrogens with one attached hydrogen (secondary N) is 1. The van der Waals surface area contributed by atoms with Crippen molar-refractivity contribution < 1.29 is 4.79 Å². The van der Waals surface area contributed by atoms with Crippen molar-refractivity contribution in [1.82, 2.24) is 29.9 Å². The van der Waals surface area contributed by atoms with Crippen LogP contribution in [0.1, 0.15) is 20.3 Å². The van der Waals surface area contributed by atoms with Crippen LogP contribution in [0.5, 0.6) is 0 Å². The molecule has 0 aliphatic heterocycles. The summed E-state index contributed by atoms with van der Waals surface area (Å²) in [5.74, 6) is 0.428. The predicted molar refractivity (Wildman–Crippen MR) is 104 cm³/mol. The van der Waals surface area contributed by atoms with E-state index in [1.54, 1.807) is 10.9 Å². The number of amides is 1. The lowest BCUT2D eigenvalue weighted by molar-refractivity contribution is -0.119. The van der Waals surface area contributed by atoms with Gasteiger partial charge in [0.1, 0.15) is 11.3 Å². The van der Waals surface area contributed by atoms with Crippen LogP contribution >= 0.6 is 0 Å². The summed E-state index contributed by atoms with van der Waals surface area (Å²) in [6.07, 6.45) is 6.31. The molecule has 8 nitrogen and oxygen atoms in total. The molecule has 0 spiro atoms. The Morgan fingerprint density at radius 3 is 2.93 bits per heavy atom. The number of hydrogen-bond acceptors (Lipinski definition) is 5. The maximum Gasteiger partial charge on any atom is 0.217 e. The van der Waals surface area contributed by atoms with Crippen molar-refractivity contribution in [3.8, 4) is 5.69 Å². The third-order valence-electron chi connectivity index (χ3n) is 4.52. The largest absolute Gasteiger partial charge is 0.383 e. The van der Waals surface area contributed by atoms with E-state index < -0.39 is 0 Å². The topological polar surface area (TPSA) is 104 Å². The Kier molecular flexibility index (Phi) is 4.23. The van der Waals surface area contributed by atoms with Gasteiger partial charge in [-0.25, -0.2) is 9.67 Å². The van der Waals surface area contributed by atoms with Crippen molar-refractivity contribution in [2.75, 3.05) is 5.73 Å². The summed E-state index contributed by atoms with van der Waals surface area (Å²) in [6, 6.07) is 7.90. The fraction of sp³-hybridized carbons (Fsp3) is 0.263. The number of nitrogen functional groups attached to an aromatic ring is 1. The van der Waals surface area contributed by atoms with Crippen LogP contribution in [0.4, 0.5) is 5.82 Å². The molecule has 138 valence electrons. The molecule has 3 aromatic heterocycles. The lowest BCUT2D eigenvalue weighted by Gasteiger charge is -2.11. The Balaban J connectivity index is 1.69. The average Bonchev–Trinajstić information content (AvgIpc) is 3.29. The lowest BCUT2D eigenvalue weighted by Crippen LogP contribution is -2.31. The summed E-state index contributed by atoms with van der Waals surface area (Å²) in [5.41, 5.74) is 8.71. The molecule has 3 N–H and O–H groups in total. The summed E-state index contributed by atoms with van der Waals surface area (Å²) in [6.45, 7) is 4.18. The molecule has 1 amide bonds. The fourth-order valence-corrected chi connectivity index (χ4v) is 3.23. The number of benzene rings is 1. The molecule has 0 saturated carbocycles. The van der Waals surface area contributed by atoms with Crippen LogP contribution in [0.15, 0.2) is 42.9 Å². The van der Waals surface area contributed by atoms with E-state index in [4.69, 9.17) is 10.8 Å². The number of nitrogens with zero attached hydrogens (tertiary/aromatic N) is 5. The first-order valence-electron chi connectivity index (χ1n) is 8.85. The average molecular weight is 363 g/mol. The van der Waals surface area contributed by atoms with Crippen LogP contribution in [0.3, 0.4) is 0 Å². The first-order valence-corrected chi connectivity index (χ1v) is 8.85. The molecule has 0 aliphatic carbocycles. The monoisotopic (exact) mass is 363 g/mol. The van der Waals surface area contributed by atoms with Crippen molar-refractivity contribution in [3.63, 3.8) is 0 Å². The zero-order valence-electron chi connectivity index (χ0n) is 15.3. The minimum Gasteiger partial charge on any atom is -0.383 e. The van der Waals surface area contributed by atoms with Crippen molar-refractivity contribution in [3.05, 3.63) is 42.9 Å². The summed E-state index contributed by atoms with van der Waals surface area (Å²) in [5, 5.41) is 13.6. The second kappa shape index (κ2) is 6.71. The van der Waals surface area contributed by atoms with Gasteiger partial charge in [-0.15, -0.1) is 0 Å². The van der Waals surface area contributed by atoms with Gasteiger partial charge in [-0.05, 0) is 37.6 Å². The van der Waals surface area contributed by atoms with Crippen molar-refractivity contribution in [2.45, 2.75) is 32.9 Å². The molecule has 4 aromatic rings. The van der Waals surface area contributed by atoms with Crippen molar-refractivity contribution >= 4 is 33.5 Å². The van der Waals surface area contributed by atoms with Gasteiger partial charge < -0.3 is 11.1 Å². The van der Waals surface area contributed by atoms with Crippen LogP contribution in [0.2, 0.25) is 0 Å². The minimum absolute atomic E-state index is 0.0273. The highest BCUT2D eigenvalue weighted by Crippen LogP contribution is 2.28. The van der Waals surface area contributed by atoms with E-state index in [0.29, 0.717) is 12.4 Å². The van der Waals surface area contributed by atoms with Gasteiger partial charge in [-0.3, -0.25) is 9.48 Å². The summed E-state index contributed by atoms with van der Waals surface area (Å²) >= 11 is 0. The molecular weight excluding hydrogens is 342 g/mol. The van der Waals surface area contributed by atoms with E-state index >= 15 is 0 Å². The fourth-order valence-electron chi connectivity index (χ4n) is 3.23. The third-order valence-corrected chi connectivity index (χ3v) is 4.52. The number of fused-ring (bicyclic) bond motifs is 3. The van der Waals surface area contributed by atoms with E-state index in [1.165, 1.54) is 6.92 Å². The SMILES string of the molecule is CC(=O)NC(C)CCn1cc2c(N)nc3cc(-n4cccn4)ccc3c2n1. The van der Waals surface area contributed by atoms with Crippen molar-refractivity contribution in [2.24, 2.45) is 0 Å². The molecule has 0 bridgehead atoms.